The van der Waals surface area contributed by atoms with Crippen LogP contribution in [0, 0.1) is 0 Å². The van der Waals surface area contributed by atoms with E-state index >= 15 is 0 Å². The van der Waals surface area contributed by atoms with Crippen molar-refractivity contribution in [2.24, 2.45) is 0 Å². The number of aromatic nitrogens is 6. The number of carbonyl (C=O) groups excluding carboxylic acids is 2. The Balaban J connectivity index is 0.000000439. The number of benzene rings is 6. The molecule has 0 spiro atoms. The Hall–Kier alpha value is -7.74. The molecule has 10 rings (SSSR count). The second-order valence-electron chi connectivity index (χ2n) is 14.9. The van der Waals surface area contributed by atoms with Crippen molar-refractivity contribution in [2.75, 3.05) is 0 Å². The minimum atomic E-state index is -1.96. The molecular formula is C52H39BN6O3Zn. The largest absolute Gasteiger partial charge is 2.00 e. The van der Waals surface area contributed by atoms with Crippen LogP contribution >= 0.6 is 0 Å². The van der Waals surface area contributed by atoms with Crippen molar-refractivity contribution in [3.63, 3.8) is 0 Å². The van der Waals surface area contributed by atoms with Crippen molar-refractivity contribution < 1.29 is 34.2 Å². The monoisotopic (exact) mass is 870 g/mol. The van der Waals surface area contributed by atoms with Gasteiger partial charge in [-0.25, -0.2) is 15.3 Å². The van der Waals surface area contributed by atoms with Crippen molar-refractivity contribution in [2.45, 2.75) is 6.92 Å². The molecule has 1 aliphatic rings. The van der Waals surface area contributed by atoms with Crippen molar-refractivity contribution in [1.29, 1.82) is 0 Å². The van der Waals surface area contributed by atoms with Crippen LogP contribution in [0.25, 0.3) is 67.5 Å². The van der Waals surface area contributed by atoms with E-state index in [0.29, 0.717) is 5.57 Å². The van der Waals surface area contributed by atoms with Gasteiger partial charge in [-0.1, -0.05) is 188 Å². The van der Waals surface area contributed by atoms with Crippen LogP contribution in [0.2, 0.25) is 0 Å². The van der Waals surface area contributed by atoms with Crippen molar-refractivity contribution in [3.8, 4) is 67.5 Å². The number of allylic oxidation sites excluding steroid dienone is 3. The van der Waals surface area contributed by atoms with Gasteiger partial charge in [0, 0.05) is 39.3 Å². The number of carbonyl (C=O) groups is 2. The van der Waals surface area contributed by atoms with E-state index in [0.717, 1.165) is 79.7 Å². The van der Waals surface area contributed by atoms with E-state index in [4.69, 9.17) is 15.3 Å². The Morgan fingerprint density at radius 1 is 0.397 bits per heavy atom. The number of rotatable bonds is 9. The van der Waals surface area contributed by atoms with Crippen LogP contribution in [-0.4, -0.2) is 47.8 Å². The van der Waals surface area contributed by atoms with Gasteiger partial charge in [-0.2, -0.15) is 0 Å². The molecule has 0 radical (unpaired) electrons. The third-order valence-electron chi connectivity index (χ3n) is 10.8. The van der Waals surface area contributed by atoms with Crippen LogP contribution in [0.5, 0.6) is 0 Å². The number of ketones is 2. The van der Waals surface area contributed by atoms with E-state index < -0.39 is 18.7 Å². The molecule has 3 aromatic heterocycles. The molecular weight excluding hydrogens is 833 g/mol. The van der Waals surface area contributed by atoms with Crippen LogP contribution in [0.4, 0.5) is 0 Å². The molecule has 9 nitrogen and oxygen atoms in total. The van der Waals surface area contributed by atoms with Crippen LogP contribution in [-0.2, 0) is 29.1 Å². The minimum absolute atomic E-state index is 0. The van der Waals surface area contributed by atoms with E-state index in [1.165, 1.54) is 6.92 Å². The van der Waals surface area contributed by atoms with Gasteiger partial charge in [0.05, 0.1) is 17.1 Å². The average molecular weight is 872 g/mol. The molecule has 0 atom stereocenters. The smallest absolute Gasteiger partial charge is 0.870 e. The van der Waals surface area contributed by atoms with E-state index in [1.54, 1.807) is 0 Å². The summed E-state index contributed by atoms with van der Waals surface area (Å²) >= 11 is 0. The standard InChI is InChI=1S/C45H34BN6.C7H6O3.Zn/c1-7-19-34(20-8-1)40-31-43(37-25-13-4-14-26-37)50(47-40)46(51-44(38-27-15-5-16-28-38)32-41(48-51)35-21-9-2-10-22-35)52-45(39-29-17-6-18-30-39)33-42(49-52)36-23-11-3-12-24-36;1-4-2-6(9)7(10)3-5(4)8;/h1-33,46H;2-3,10H,1H3;/q-1;;+2/p-1. The zero-order valence-electron chi connectivity index (χ0n) is 34.5. The van der Waals surface area contributed by atoms with E-state index in [1.807, 2.05) is 36.4 Å². The van der Waals surface area contributed by atoms with Crippen LogP contribution < -0.4 is 5.11 Å². The van der Waals surface area contributed by atoms with Gasteiger partial charge in [0.25, 0.3) is 0 Å². The quantitative estimate of drug-likeness (QED) is 0.106. The van der Waals surface area contributed by atoms with E-state index in [-0.39, 0.29) is 25.3 Å². The fraction of sp³-hybridized carbons (Fsp3) is 0.0192. The molecule has 0 saturated heterocycles. The molecule has 0 unspecified atom stereocenters. The predicted molar refractivity (Wildman–Crippen MR) is 244 cm³/mol. The average Bonchev–Trinajstić information content (AvgIpc) is 4.10. The van der Waals surface area contributed by atoms with Gasteiger partial charge in [0.15, 0.2) is 11.6 Å². The van der Waals surface area contributed by atoms with Crippen molar-refractivity contribution in [1.82, 2.24) is 29.1 Å². The Kier molecular flexibility index (Phi) is 12.6. The SMILES string of the molecule is CC1=CC(=O)C([O-])=CC1=O.[Zn+2].c1ccc(-c2cc(-c3ccccc3)n([BH-](n3nc(-c4ccccc4)cc3-c3ccccc3)n3nc(-c4ccccc4)cc3-c3ccccc3)n2)cc1. The summed E-state index contributed by atoms with van der Waals surface area (Å²) in [7, 11) is -1.96. The molecule has 0 aliphatic heterocycles. The molecule has 0 saturated carbocycles. The molecule has 3 heterocycles. The van der Waals surface area contributed by atoms with Gasteiger partial charge in [0.2, 0.25) is 0 Å². The van der Waals surface area contributed by atoms with E-state index in [9.17, 15) is 14.7 Å². The fourth-order valence-corrected chi connectivity index (χ4v) is 7.69. The maximum atomic E-state index is 10.7. The molecule has 9 aromatic rings. The van der Waals surface area contributed by atoms with Crippen LogP contribution in [0.15, 0.2) is 224 Å². The molecule has 0 amide bonds. The second-order valence-corrected chi connectivity index (χ2v) is 14.9. The number of nitrogens with zero attached hydrogens (tertiary/aromatic N) is 6. The van der Waals surface area contributed by atoms with E-state index in [2.05, 4.69) is 178 Å². The van der Waals surface area contributed by atoms with Gasteiger partial charge in [-0.05, 0) is 54.0 Å². The van der Waals surface area contributed by atoms with Gasteiger partial charge in [0.1, 0.15) is 0 Å². The Morgan fingerprint density at radius 3 is 0.937 bits per heavy atom. The first-order chi connectivity index (χ1) is 30.4. The third kappa shape index (κ3) is 9.01. The minimum Gasteiger partial charge on any atom is -0.870 e. The summed E-state index contributed by atoms with van der Waals surface area (Å²) in [5.74, 6) is -1.71. The molecule has 0 N–H and O–H groups in total. The summed E-state index contributed by atoms with van der Waals surface area (Å²) in [6, 6.07) is 69.2. The maximum absolute atomic E-state index is 10.7. The second kappa shape index (κ2) is 18.9. The predicted octanol–water partition coefficient (Wildman–Crippen LogP) is 9.27. The van der Waals surface area contributed by atoms with Crippen LogP contribution in [0.3, 0.4) is 0 Å². The molecule has 63 heavy (non-hydrogen) atoms. The number of hydrogen-bond donors (Lipinski definition) is 0. The summed E-state index contributed by atoms with van der Waals surface area (Å²) in [4.78, 5) is 21.2. The molecule has 6 aromatic carbocycles. The maximum Gasteiger partial charge on any atom is 2.00 e. The van der Waals surface area contributed by atoms with Crippen molar-refractivity contribution >= 4 is 18.7 Å². The summed E-state index contributed by atoms with van der Waals surface area (Å²) in [6.45, 7) is 1.50. The first-order valence-corrected chi connectivity index (χ1v) is 20.4. The summed E-state index contributed by atoms with van der Waals surface area (Å²) in [5, 5.41) is 26.9. The zero-order valence-corrected chi connectivity index (χ0v) is 37.5. The molecule has 1 aliphatic carbocycles. The Labute approximate surface area is 378 Å². The Bertz CT molecular complexity index is 2740. The van der Waals surface area contributed by atoms with Gasteiger partial charge >= 0.3 is 26.6 Å². The molecule has 0 bridgehead atoms. The summed E-state index contributed by atoms with van der Waals surface area (Å²) < 4.78 is 6.50. The van der Waals surface area contributed by atoms with Crippen molar-refractivity contribution in [3.05, 3.63) is 224 Å². The van der Waals surface area contributed by atoms with Crippen LogP contribution in [0.1, 0.15) is 6.92 Å². The fourth-order valence-electron chi connectivity index (χ4n) is 7.69. The van der Waals surface area contributed by atoms with Gasteiger partial charge < -0.3 is 18.9 Å². The third-order valence-corrected chi connectivity index (χ3v) is 10.8. The molecule has 11 heteroatoms. The number of hydrogen-bond acceptors (Lipinski definition) is 6. The van der Waals surface area contributed by atoms with Gasteiger partial charge in [-0.3, -0.25) is 9.59 Å². The molecule has 300 valence electrons. The summed E-state index contributed by atoms with van der Waals surface area (Å²) in [6.07, 6.45) is 1.88. The first-order valence-electron chi connectivity index (χ1n) is 20.4. The Morgan fingerprint density at radius 2 is 0.667 bits per heavy atom. The zero-order chi connectivity index (χ0) is 42.4. The summed E-state index contributed by atoms with van der Waals surface area (Å²) in [5.41, 5.74) is 12.2. The normalized spacial score (nSPS) is 12.2. The topological polar surface area (TPSA) is 111 Å². The molecule has 0 fully saturated rings. The first kappa shape index (κ1) is 42.0. The van der Waals surface area contributed by atoms with Gasteiger partial charge in [-0.15, -0.1) is 0 Å².